The summed E-state index contributed by atoms with van der Waals surface area (Å²) < 4.78 is 8.28. The number of methoxy groups -OCH3 is 2. The van der Waals surface area contributed by atoms with Crippen molar-refractivity contribution >= 4 is 11.9 Å². The summed E-state index contributed by atoms with van der Waals surface area (Å²) in [6, 6.07) is 0. The second-order valence-electron chi connectivity index (χ2n) is 1.61. The molecule has 0 N–H and O–H groups in total. The maximum Gasteiger partial charge on any atom is 2.00 e. The quantitative estimate of drug-likeness (QED) is 0.480. The van der Waals surface area contributed by atoms with E-state index in [0.717, 1.165) is 0 Å². The third-order valence-electron chi connectivity index (χ3n) is 0.524. The van der Waals surface area contributed by atoms with Gasteiger partial charge in [0.05, 0.1) is 25.2 Å². The van der Waals surface area contributed by atoms with Crippen molar-refractivity contribution in [3.63, 3.8) is 0 Å². The maximum absolute atomic E-state index is 9.36. The summed E-state index contributed by atoms with van der Waals surface area (Å²) in [6.45, 7) is -0.639. The minimum Gasteiger partial charge on any atom is -0.548 e. The van der Waals surface area contributed by atoms with Crippen molar-refractivity contribution in [1.82, 2.24) is 0 Å². The summed E-state index contributed by atoms with van der Waals surface area (Å²) in [5.74, 6) is -2.37. The van der Waals surface area contributed by atoms with Gasteiger partial charge in [-0.3, -0.25) is 0 Å². The molecule has 0 rings (SSSR count). The van der Waals surface area contributed by atoms with E-state index in [9.17, 15) is 19.8 Å². The van der Waals surface area contributed by atoms with Gasteiger partial charge in [-0.2, -0.15) is 0 Å². The van der Waals surface area contributed by atoms with Crippen molar-refractivity contribution in [2.45, 2.75) is 0 Å². The third-order valence-corrected chi connectivity index (χ3v) is 0.524. The molecule has 0 bridgehead atoms. The number of carboxylic acid groups (broad SMARTS) is 2. The number of ether oxygens (including phenoxy) is 2. The third kappa shape index (κ3) is 34.6. The predicted molar refractivity (Wildman–Crippen MR) is 33.8 cm³/mol. The van der Waals surface area contributed by atoms with Gasteiger partial charge in [0.25, 0.3) is 0 Å². The van der Waals surface area contributed by atoms with Crippen molar-refractivity contribution < 1.29 is 46.3 Å². The second kappa shape index (κ2) is 13.9. The molecule has 6 nitrogen and oxygen atoms in total. The Bertz CT molecular complexity index is 121. The fraction of sp³-hybridized carbons (Fsp3) is 0.667. The Kier molecular flexibility index (Phi) is 19.5. The summed E-state index contributed by atoms with van der Waals surface area (Å²) in [5, 5.41) is 18.7. The van der Waals surface area contributed by atoms with Gasteiger partial charge in [-0.25, -0.2) is 0 Å². The average Bonchev–Trinajstić information content (AvgIpc) is 1.87. The Balaban J connectivity index is -0.000000143. The summed E-state index contributed by atoms with van der Waals surface area (Å²) in [4.78, 5) is 18.7. The van der Waals surface area contributed by atoms with Crippen LogP contribution in [0.2, 0.25) is 0 Å². The fourth-order valence-corrected chi connectivity index (χ4v) is 0.236. The minimum absolute atomic E-state index is 0. The van der Waals surface area contributed by atoms with Crippen molar-refractivity contribution in [3.05, 3.63) is 0 Å². The Hall–Kier alpha value is -0.621. The van der Waals surface area contributed by atoms with Crippen LogP contribution in [0.4, 0.5) is 0 Å². The van der Waals surface area contributed by atoms with Crippen molar-refractivity contribution in [3.8, 4) is 0 Å². The smallest absolute Gasteiger partial charge is 0.548 e. The van der Waals surface area contributed by atoms with E-state index in [4.69, 9.17) is 0 Å². The van der Waals surface area contributed by atoms with Crippen LogP contribution in [0.15, 0.2) is 0 Å². The van der Waals surface area contributed by atoms with Crippen LogP contribution in [-0.2, 0) is 36.1 Å². The Morgan fingerprint density at radius 3 is 1.23 bits per heavy atom. The van der Waals surface area contributed by atoms with Gasteiger partial charge in [0.2, 0.25) is 0 Å². The molecular weight excluding hydrogens is 232 g/mol. The number of carboxylic acids is 2. The molecule has 0 aliphatic rings. The second-order valence-corrected chi connectivity index (χ2v) is 1.61. The number of carbonyl (C=O) groups is 2. The summed E-state index contributed by atoms with van der Waals surface area (Å²) in [5.41, 5.74) is 0. The topological polar surface area (TPSA) is 98.7 Å². The molecule has 81 valence electrons. The summed E-state index contributed by atoms with van der Waals surface area (Å²) in [7, 11) is 2.60. The first kappa shape index (κ1) is 18.2. The van der Waals surface area contributed by atoms with E-state index in [1.807, 2.05) is 0 Å². The molecular formula is C6H10CuO6. The molecule has 1 radical (unpaired) electrons. The van der Waals surface area contributed by atoms with Crippen LogP contribution in [0.3, 0.4) is 0 Å². The van der Waals surface area contributed by atoms with Crippen LogP contribution in [0.5, 0.6) is 0 Å². The molecule has 0 heterocycles. The Labute approximate surface area is 86.3 Å². The standard InChI is InChI=1S/2C3H6O3.Cu/c2*1-6-2-3(4)5;/h2*2H2,1H3,(H,4,5);/q;;+2/p-2. The van der Waals surface area contributed by atoms with Crippen molar-refractivity contribution in [2.24, 2.45) is 0 Å². The molecule has 0 aromatic rings. The molecule has 13 heavy (non-hydrogen) atoms. The zero-order valence-electron chi connectivity index (χ0n) is 7.17. The zero-order chi connectivity index (χ0) is 9.98. The number of hydrogen-bond acceptors (Lipinski definition) is 6. The fourth-order valence-electron chi connectivity index (χ4n) is 0.236. The molecule has 0 spiro atoms. The van der Waals surface area contributed by atoms with Crippen LogP contribution >= 0.6 is 0 Å². The largest absolute Gasteiger partial charge is 2.00 e. The minimum atomic E-state index is -1.18. The molecule has 0 amide bonds. The molecule has 0 atom stereocenters. The van der Waals surface area contributed by atoms with E-state index < -0.39 is 11.9 Å². The molecule has 0 aliphatic heterocycles. The number of aliphatic carboxylic acids is 2. The van der Waals surface area contributed by atoms with E-state index in [0.29, 0.717) is 0 Å². The van der Waals surface area contributed by atoms with Crippen LogP contribution in [-0.4, -0.2) is 39.4 Å². The molecule has 0 unspecified atom stereocenters. The van der Waals surface area contributed by atoms with Crippen LogP contribution in [0, 0.1) is 0 Å². The van der Waals surface area contributed by atoms with Gasteiger partial charge >= 0.3 is 17.1 Å². The van der Waals surface area contributed by atoms with E-state index in [1.54, 1.807) is 0 Å². The van der Waals surface area contributed by atoms with Gasteiger partial charge < -0.3 is 29.3 Å². The maximum atomic E-state index is 9.36. The van der Waals surface area contributed by atoms with E-state index in [2.05, 4.69) is 9.47 Å². The average molecular weight is 242 g/mol. The molecule has 0 aromatic carbocycles. The predicted octanol–water partition coefficient (Wildman–Crippen LogP) is -3.24. The Morgan fingerprint density at radius 2 is 1.23 bits per heavy atom. The first-order valence-electron chi connectivity index (χ1n) is 2.92. The summed E-state index contributed by atoms with van der Waals surface area (Å²) in [6.07, 6.45) is 0. The first-order chi connectivity index (χ1) is 5.54. The molecule has 7 heteroatoms. The van der Waals surface area contributed by atoms with E-state index >= 15 is 0 Å². The first-order valence-corrected chi connectivity index (χ1v) is 2.92. The number of carbonyl (C=O) groups excluding carboxylic acids is 2. The van der Waals surface area contributed by atoms with Crippen LogP contribution in [0.1, 0.15) is 0 Å². The zero-order valence-corrected chi connectivity index (χ0v) is 8.11. The molecule has 0 saturated carbocycles. The number of rotatable bonds is 4. The van der Waals surface area contributed by atoms with Gasteiger partial charge in [0, 0.05) is 14.2 Å². The normalized spacial score (nSPS) is 7.54. The Morgan fingerprint density at radius 1 is 1.00 bits per heavy atom. The monoisotopic (exact) mass is 241 g/mol. The van der Waals surface area contributed by atoms with E-state index in [-0.39, 0.29) is 30.3 Å². The molecule has 0 fully saturated rings. The van der Waals surface area contributed by atoms with Gasteiger partial charge in [-0.05, 0) is 0 Å². The van der Waals surface area contributed by atoms with Crippen LogP contribution < -0.4 is 10.2 Å². The summed E-state index contributed by atoms with van der Waals surface area (Å²) >= 11 is 0. The van der Waals surface area contributed by atoms with E-state index in [1.165, 1.54) is 14.2 Å². The van der Waals surface area contributed by atoms with Gasteiger partial charge in [0.15, 0.2) is 0 Å². The van der Waals surface area contributed by atoms with Gasteiger partial charge in [-0.15, -0.1) is 0 Å². The van der Waals surface area contributed by atoms with Gasteiger partial charge in [-0.1, -0.05) is 0 Å². The molecule has 0 aromatic heterocycles. The molecule has 0 saturated heterocycles. The number of hydrogen-bond donors (Lipinski definition) is 0. The van der Waals surface area contributed by atoms with Crippen LogP contribution in [0.25, 0.3) is 0 Å². The molecule has 0 aliphatic carbocycles. The SMILES string of the molecule is COCC(=O)[O-].COCC(=O)[O-].[Cu+2]. The van der Waals surface area contributed by atoms with Crippen molar-refractivity contribution in [2.75, 3.05) is 27.4 Å². The van der Waals surface area contributed by atoms with Crippen molar-refractivity contribution in [1.29, 1.82) is 0 Å². The van der Waals surface area contributed by atoms with Gasteiger partial charge in [0.1, 0.15) is 0 Å².